The van der Waals surface area contributed by atoms with Crippen LogP contribution in [0, 0.1) is 13.8 Å². The van der Waals surface area contributed by atoms with E-state index >= 15 is 0 Å². The van der Waals surface area contributed by atoms with Gasteiger partial charge in [0.1, 0.15) is 0 Å². The Balaban J connectivity index is 1.78. The molecule has 0 aliphatic carbocycles. The van der Waals surface area contributed by atoms with E-state index in [1.54, 1.807) is 24.3 Å². The van der Waals surface area contributed by atoms with Crippen LogP contribution in [0.25, 0.3) is 0 Å². The van der Waals surface area contributed by atoms with Gasteiger partial charge >= 0.3 is 0 Å². The minimum Gasteiger partial charge on any atom is -0.322 e. The Morgan fingerprint density at radius 2 is 1.41 bits per heavy atom. The molecule has 27 heavy (non-hydrogen) atoms. The van der Waals surface area contributed by atoms with E-state index in [2.05, 4.69) is 26.6 Å². The summed E-state index contributed by atoms with van der Waals surface area (Å²) < 4.78 is 0.931. The van der Waals surface area contributed by atoms with Gasteiger partial charge in [0.25, 0.3) is 11.8 Å². The summed E-state index contributed by atoms with van der Waals surface area (Å²) in [5, 5.41) is 5.75. The average molecular weight is 423 g/mol. The van der Waals surface area contributed by atoms with Gasteiger partial charge in [-0.05, 0) is 61.4 Å². The molecular weight excluding hydrogens is 404 g/mol. The van der Waals surface area contributed by atoms with Gasteiger partial charge in [-0.1, -0.05) is 46.3 Å². The van der Waals surface area contributed by atoms with Crippen molar-refractivity contribution < 1.29 is 9.59 Å². The lowest BCUT2D eigenvalue weighted by atomic mass is 10.1. The fourth-order valence-electron chi connectivity index (χ4n) is 2.56. The first-order valence-corrected chi connectivity index (χ1v) is 9.28. The molecule has 0 saturated heterocycles. The van der Waals surface area contributed by atoms with E-state index in [4.69, 9.17) is 0 Å². The highest BCUT2D eigenvalue weighted by Crippen LogP contribution is 2.22. The number of carbonyl (C=O) groups is 2. The lowest BCUT2D eigenvalue weighted by Crippen LogP contribution is -2.15. The fourth-order valence-corrected chi connectivity index (χ4v) is 2.93. The largest absolute Gasteiger partial charge is 0.322 e. The SMILES string of the molecule is Cc1ccc(NC(=O)c2ccc(C)c(NC(=O)c3ccccc3)c2)cc1Br. The van der Waals surface area contributed by atoms with Crippen LogP contribution in [0.1, 0.15) is 31.8 Å². The topological polar surface area (TPSA) is 58.2 Å². The molecule has 0 spiro atoms. The van der Waals surface area contributed by atoms with Gasteiger partial charge in [-0.3, -0.25) is 9.59 Å². The molecule has 4 nitrogen and oxygen atoms in total. The van der Waals surface area contributed by atoms with E-state index < -0.39 is 0 Å². The van der Waals surface area contributed by atoms with Crippen LogP contribution < -0.4 is 10.6 Å². The Hall–Kier alpha value is -2.92. The maximum absolute atomic E-state index is 12.6. The van der Waals surface area contributed by atoms with Crippen LogP contribution in [0.5, 0.6) is 0 Å². The molecule has 0 unspecified atom stereocenters. The smallest absolute Gasteiger partial charge is 0.255 e. The van der Waals surface area contributed by atoms with E-state index in [0.29, 0.717) is 22.5 Å². The molecule has 3 aromatic rings. The van der Waals surface area contributed by atoms with Crippen molar-refractivity contribution in [2.24, 2.45) is 0 Å². The maximum atomic E-state index is 12.6. The summed E-state index contributed by atoms with van der Waals surface area (Å²) in [6.07, 6.45) is 0. The van der Waals surface area contributed by atoms with Crippen LogP contribution in [-0.4, -0.2) is 11.8 Å². The minimum absolute atomic E-state index is 0.210. The lowest BCUT2D eigenvalue weighted by molar-refractivity contribution is 0.101. The molecule has 2 N–H and O–H groups in total. The summed E-state index contributed by atoms with van der Waals surface area (Å²) in [5.74, 6) is -0.445. The molecule has 0 aliphatic heterocycles. The monoisotopic (exact) mass is 422 g/mol. The summed E-state index contributed by atoms with van der Waals surface area (Å²) in [7, 11) is 0. The Morgan fingerprint density at radius 1 is 0.741 bits per heavy atom. The predicted octanol–water partition coefficient (Wildman–Crippen LogP) is 5.57. The molecule has 0 aromatic heterocycles. The van der Waals surface area contributed by atoms with Crippen molar-refractivity contribution in [3.05, 3.63) is 93.5 Å². The third-order valence-corrected chi connectivity index (χ3v) is 5.07. The number of hydrogen-bond acceptors (Lipinski definition) is 2. The Morgan fingerprint density at radius 3 is 2.11 bits per heavy atom. The highest BCUT2D eigenvalue weighted by atomic mass is 79.9. The highest BCUT2D eigenvalue weighted by molar-refractivity contribution is 9.10. The van der Waals surface area contributed by atoms with Crippen molar-refractivity contribution >= 4 is 39.1 Å². The van der Waals surface area contributed by atoms with Crippen molar-refractivity contribution in [1.29, 1.82) is 0 Å². The van der Waals surface area contributed by atoms with Crippen molar-refractivity contribution in [1.82, 2.24) is 0 Å². The number of nitrogens with one attached hydrogen (secondary N) is 2. The molecule has 0 fully saturated rings. The van der Waals surface area contributed by atoms with E-state index in [9.17, 15) is 9.59 Å². The summed E-state index contributed by atoms with van der Waals surface area (Å²) in [4.78, 5) is 25.0. The molecule has 0 aliphatic rings. The van der Waals surface area contributed by atoms with Gasteiger partial charge in [0.15, 0.2) is 0 Å². The number of benzene rings is 3. The molecule has 3 rings (SSSR count). The Kier molecular flexibility index (Phi) is 5.72. The number of rotatable bonds is 4. The standard InChI is InChI=1S/C22H19BrN2O2/c1-14-9-11-18(13-19(14)23)24-22(27)17-10-8-15(2)20(12-17)25-21(26)16-6-4-3-5-7-16/h3-13H,1-2H3,(H,24,27)(H,25,26). The number of hydrogen-bond donors (Lipinski definition) is 2. The van der Waals surface area contributed by atoms with E-state index in [1.807, 2.05) is 56.3 Å². The highest BCUT2D eigenvalue weighted by Gasteiger charge is 2.12. The zero-order valence-corrected chi connectivity index (χ0v) is 16.6. The lowest BCUT2D eigenvalue weighted by Gasteiger charge is -2.12. The van der Waals surface area contributed by atoms with E-state index in [1.165, 1.54) is 0 Å². The van der Waals surface area contributed by atoms with Gasteiger partial charge in [-0.15, -0.1) is 0 Å². The molecule has 0 atom stereocenters. The number of aryl methyl sites for hydroxylation is 2. The number of halogens is 1. The molecule has 0 bridgehead atoms. The molecule has 0 radical (unpaired) electrons. The van der Waals surface area contributed by atoms with Crippen LogP contribution in [0.3, 0.4) is 0 Å². The van der Waals surface area contributed by atoms with E-state index in [-0.39, 0.29) is 11.8 Å². The van der Waals surface area contributed by atoms with Gasteiger partial charge in [-0.2, -0.15) is 0 Å². The summed E-state index contributed by atoms with van der Waals surface area (Å²) in [6, 6.07) is 19.9. The van der Waals surface area contributed by atoms with Crippen LogP contribution in [-0.2, 0) is 0 Å². The summed E-state index contributed by atoms with van der Waals surface area (Å²) in [5.41, 5.74) is 4.33. The first-order valence-electron chi connectivity index (χ1n) is 8.48. The zero-order valence-electron chi connectivity index (χ0n) is 15.0. The maximum Gasteiger partial charge on any atom is 0.255 e. The Bertz CT molecular complexity index is 1000. The van der Waals surface area contributed by atoms with Gasteiger partial charge < -0.3 is 10.6 Å². The second-order valence-corrected chi connectivity index (χ2v) is 7.12. The number of anilines is 2. The van der Waals surface area contributed by atoms with Crippen LogP contribution >= 0.6 is 15.9 Å². The molecule has 0 heterocycles. The number of amides is 2. The first kappa shape index (κ1) is 18.9. The van der Waals surface area contributed by atoms with Crippen molar-refractivity contribution in [2.45, 2.75) is 13.8 Å². The van der Waals surface area contributed by atoms with Crippen LogP contribution in [0.4, 0.5) is 11.4 Å². The summed E-state index contributed by atoms with van der Waals surface area (Å²) >= 11 is 3.46. The Labute approximate surface area is 166 Å². The first-order chi connectivity index (χ1) is 12.9. The van der Waals surface area contributed by atoms with Crippen LogP contribution in [0.2, 0.25) is 0 Å². The van der Waals surface area contributed by atoms with Crippen molar-refractivity contribution in [3.8, 4) is 0 Å². The van der Waals surface area contributed by atoms with E-state index in [0.717, 1.165) is 15.6 Å². The van der Waals surface area contributed by atoms with Gasteiger partial charge in [0.05, 0.1) is 0 Å². The molecule has 5 heteroatoms. The van der Waals surface area contributed by atoms with Crippen LogP contribution in [0.15, 0.2) is 71.2 Å². The van der Waals surface area contributed by atoms with Crippen molar-refractivity contribution in [3.63, 3.8) is 0 Å². The summed E-state index contributed by atoms with van der Waals surface area (Å²) in [6.45, 7) is 3.87. The molecule has 0 saturated carbocycles. The second-order valence-electron chi connectivity index (χ2n) is 6.27. The third-order valence-electron chi connectivity index (χ3n) is 4.21. The molecular formula is C22H19BrN2O2. The molecule has 136 valence electrons. The third kappa shape index (κ3) is 4.63. The normalized spacial score (nSPS) is 10.3. The predicted molar refractivity (Wildman–Crippen MR) is 112 cm³/mol. The van der Waals surface area contributed by atoms with Gasteiger partial charge in [-0.25, -0.2) is 0 Å². The average Bonchev–Trinajstić information content (AvgIpc) is 2.67. The van der Waals surface area contributed by atoms with Gasteiger partial charge in [0.2, 0.25) is 0 Å². The van der Waals surface area contributed by atoms with Crippen molar-refractivity contribution in [2.75, 3.05) is 10.6 Å². The molecule has 3 aromatic carbocycles. The zero-order chi connectivity index (χ0) is 19.4. The fraction of sp³-hybridized carbons (Fsp3) is 0.0909. The molecule has 2 amide bonds. The van der Waals surface area contributed by atoms with Gasteiger partial charge in [0, 0.05) is 27.0 Å². The quantitative estimate of drug-likeness (QED) is 0.577. The minimum atomic E-state index is -0.235. The number of carbonyl (C=O) groups excluding carboxylic acids is 2. The second kappa shape index (κ2) is 8.18.